The number of nitrogens with zero attached hydrogens (tertiary/aromatic N) is 4. The van der Waals surface area contributed by atoms with E-state index in [0.717, 1.165) is 53.7 Å². The second-order valence-corrected chi connectivity index (χ2v) is 8.36. The number of nitriles is 1. The summed E-state index contributed by atoms with van der Waals surface area (Å²) in [6.45, 7) is 0. The van der Waals surface area contributed by atoms with E-state index >= 15 is 0 Å². The van der Waals surface area contributed by atoms with Gasteiger partial charge in [0, 0.05) is 29.0 Å². The molecule has 0 aliphatic heterocycles. The third-order valence-electron chi connectivity index (χ3n) is 5.95. The number of aromatic nitrogens is 3. The van der Waals surface area contributed by atoms with Crippen molar-refractivity contribution in [1.82, 2.24) is 14.5 Å². The summed E-state index contributed by atoms with van der Waals surface area (Å²) in [5.41, 5.74) is 2.29. The van der Waals surface area contributed by atoms with Crippen LogP contribution in [-0.2, 0) is 0 Å². The Morgan fingerprint density at radius 1 is 1.00 bits per heavy atom. The Bertz CT molecular complexity index is 1410. The van der Waals surface area contributed by atoms with Crippen molar-refractivity contribution in [2.45, 2.75) is 37.7 Å². The van der Waals surface area contributed by atoms with Gasteiger partial charge < -0.3 is 15.0 Å². The van der Waals surface area contributed by atoms with E-state index in [1.165, 1.54) is 6.42 Å². The first-order valence-corrected chi connectivity index (χ1v) is 11.1. The molecule has 5 rings (SSSR count). The minimum absolute atomic E-state index is 0.444. The van der Waals surface area contributed by atoms with Crippen molar-refractivity contribution in [2.75, 3.05) is 5.32 Å². The van der Waals surface area contributed by atoms with Crippen molar-refractivity contribution < 1.29 is 5.11 Å². The molecule has 6 heteroatoms. The average Bonchev–Trinajstić information content (AvgIpc) is 3.27. The molecule has 2 aromatic carbocycles. The minimum atomic E-state index is -0.870. The summed E-state index contributed by atoms with van der Waals surface area (Å²) in [6, 6.07) is 19.3. The Morgan fingerprint density at radius 2 is 1.88 bits per heavy atom. The fraction of sp³-hybridized carbons (Fsp3) is 0.222. The Kier molecular flexibility index (Phi) is 5.52. The highest BCUT2D eigenvalue weighted by molar-refractivity contribution is 5.83. The lowest BCUT2D eigenvalue weighted by Gasteiger charge is -2.26. The largest absolute Gasteiger partial charge is 0.378 e. The van der Waals surface area contributed by atoms with Gasteiger partial charge in [-0.25, -0.2) is 4.98 Å². The van der Waals surface area contributed by atoms with Gasteiger partial charge >= 0.3 is 0 Å². The standard InChI is InChI=1S/C27H23N5O/c28-19-21-5-4-6-23(17-21)30-26-29-15-10-25(31-26)32-16-11-22-8-7-20(18-24(22)32)9-14-27(33)12-2-1-3-13-27/h4-8,10-11,15-18,33H,1-3,12-13H2,(H,29,30,31). The number of aliphatic hydroxyl groups is 1. The van der Waals surface area contributed by atoms with Gasteiger partial charge in [-0.15, -0.1) is 0 Å². The van der Waals surface area contributed by atoms with E-state index in [9.17, 15) is 5.11 Å². The van der Waals surface area contributed by atoms with Gasteiger partial charge in [-0.2, -0.15) is 10.2 Å². The van der Waals surface area contributed by atoms with Crippen LogP contribution in [0.5, 0.6) is 0 Å². The van der Waals surface area contributed by atoms with Crippen molar-refractivity contribution in [2.24, 2.45) is 0 Å². The van der Waals surface area contributed by atoms with Gasteiger partial charge in [0.2, 0.25) is 5.95 Å². The number of nitrogens with one attached hydrogen (secondary N) is 1. The zero-order valence-electron chi connectivity index (χ0n) is 18.1. The molecule has 0 atom stereocenters. The van der Waals surface area contributed by atoms with E-state index < -0.39 is 5.60 Å². The van der Waals surface area contributed by atoms with Crippen molar-refractivity contribution in [3.63, 3.8) is 0 Å². The van der Waals surface area contributed by atoms with Crippen LogP contribution in [0.3, 0.4) is 0 Å². The lowest BCUT2D eigenvalue weighted by Crippen LogP contribution is -2.29. The summed E-state index contributed by atoms with van der Waals surface area (Å²) in [5, 5.41) is 24.1. The normalized spacial score (nSPS) is 14.8. The SMILES string of the molecule is N#Cc1cccc(Nc2nccc(-n3ccc4ccc(C#CC5(O)CCCCC5)cc43)n2)c1. The lowest BCUT2D eigenvalue weighted by molar-refractivity contribution is 0.0610. The van der Waals surface area contributed by atoms with E-state index in [1.54, 1.807) is 18.3 Å². The van der Waals surface area contributed by atoms with E-state index in [0.29, 0.717) is 11.5 Å². The highest BCUT2D eigenvalue weighted by atomic mass is 16.3. The first-order valence-electron chi connectivity index (χ1n) is 11.1. The number of hydrogen-bond acceptors (Lipinski definition) is 5. The first kappa shape index (κ1) is 20.8. The molecule has 0 unspecified atom stereocenters. The highest BCUT2D eigenvalue weighted by Crippen LogP contribution is 2.28. The van der Waals surface area contributed by atoms with Crippen molar-refractivity contribution in [3.8, 4) is 23.7 Å². The number of benzene rings is 2. The number of fused-ring (bicyclic) bond motifs is 1. The molecule has 0 amide bonds. The lowest BCUT2D eigenvalue weighted by atomic mass is 9.85. The van der Waals surface area contributed by atoms with Crippen molar-refractivity contribution in [1.29, 1.82) is 5.26 Å². The summed E-state index contributed by atoms with van der Waals surface area (Å²) in [5.74, 6) is 7.46. The van der Waals surface area contributed by atoms with Crippen LogP contribution in [0, 0.1) is 23.2 Å². The fourth-order valence-corrected chi connectivity index (χ4v) is 4.20. The fourth-order valence-electron chi connectivity index (χ4n) is 4.20. The monoisotopic (exact) mass is 433 g/mol. The molecule has 162 valence electrons. The van der Waals surface area contributed by atoms with Gasteiger partial charge in [-0.1, -0.05) is 30.4 Å². The highest BCUT2D eigenvalue weighted by Gasteiger charge is 2.26. The van der Waals surface area contributed by atoms with Crippen LogP contribution in [0.2, 0.25) is 0 Å². The predicted octanol–water partition coefficient (Wildman–Crippen LogP) is 5.08. The molecule has 1 saturated carbocycles. The van der Waals surface area contributed by atoms with Crippen LogP contribution in [0.25, 0.3) is 16.7 Å². The molecule has 0 saturated heterocycles. The van der Waals surface area contributed by atoms with Crippen molar-refractivity contribution in [3.05, 3.63) is 78.1 Å². The molecule has 1 aliphatic carbocycles. The quantitative estimate of drug-likeness (QED) is 0.440. The number of anilines is 2. The predicted molar refractivity (Wildman–Crippen MR) is 128 cm³/mol. The second kappa shape index (κ2) is 8.78. The number of hydrogen-bond donors (Lipinski definition) is 2. The molecule has 6 nitrogen and oxygen atoms in total. The van der Waals surface area contributed by atoms with Gasteiger partial charge in [0.25, 0.3) is 0 Å². The molecule has 0 spiro atoms. The molecule has 1 aliphatic rings. The molecule has 2 aromatic heterocycles. The topological polar surface area (TPSA) is 86.8 Å². The Balaban J connectivity index is 1.45. The number of rotatable bonds is 3. The van der Waals surface area contributed by atoms with Crippen molar-refractivity contribution >= 4 is 22.5 Å². The van der Waals surface area contributed by atoms with Crippen LogP contribution < -0.4 is 5.32 Å². The summed E-state index contributed by atoms with van der Waals surface area (Å²) in [4.78, 5) is 8.98. The molecule has 2 N–H and O–H groups in total. The van der Waals surface area contributed by atoms with Crippen LogP contribution in [0.4, 0.5) is 11.6 Å². The Hall–Kier alpha value is -4.13. The third kappa shape index (κ3) is 4.57. The van der Waals surface area contributed by atoms with E-state index in [4.69, 9.17) is 5.26 Å². The van der Waals surface area contributed by atoms with Gasteiger partial charge in [0.05, 0.1) is 17.1 Å². The van der Waals surface area contributed by atoms with Gasteiger partial charge in [-0.05, 0) is 68.1 Å². The zero-order valence-corrected chi connectivity index (χ0v) is 18.1. The molecule has 1 fully saturated rings. The molecule has 33 heavy (non-hydrogen) atoms. The van der Waals surface area contributed by atoms with Crippen LogP contribution in [0.1, 0.15) is 43.2 Å². The Labute approximate surface area is 192 Å². The average molecular weight is 434 g/mol. The smallest absolute Gasteiger partial charge is 0.229 e. The summed E-state index contributed by atoms with van der Waals surface area (Å²) in [6.07, 6.45) is 8.38. The first-order chi connectivity index (χ1) is 16.1. The van der Waals surface area contributed by atoms with Gasteiger partial charge in [0.15, 0.2) is 0 Å². The maximum atomic E-state index is 10.7. The molecular formula is C27H23N5O. The van der Waals surface area contributed by atoms with E-state index in [2.05, 4.69) is 33.2 Å². The van der Waals surface area contributed by atoms with Crippen LogP contribution >= 0.6 is 0 Å². The minimum Gasteiger partial charge on any atom is -0.378 e. The molecule has 4 aromatic rings. The summed E-state index contributed by atoms with van der Waals surface area (Å²) in [7, 11) is 0. The second-order valence-electron chi connectivity index (χ2n) is 8.36. The molecular weight excluding hydrogens is 410 g/mol. The maximum absolute atomic E-state index is 10.7. The maximum Gasteiger partial charge on any atom is 0.229 e. The summed E-state index contributed by atoms with van der Waals surface area (Å²) >= 11 is 0. The van der Waals surface area contributed by atoms with Gasteiger partial charge in [0.1, 0.15) is 11.4 Å². The summed E-state index contributed by atoms with van der Waals surface area (Å²) < 4.78 is 1.99. The van der Waals surface area contributed by atoms with Crippen LogP contribution in [-0.4, -0.2) is 25.2 Å². The van der Waals surface area contributed by atoms with E-state index in [1.807, 2.05) is 53.2 Å². The van der Waals surface area contributed by atoms with Crippen LogP contribution in [0.15, 0.2) is 67.0 Å². The molecule has 0 radical (unpaired) electrons. The molecule has 0 bridgehead atoms. The zero-order chi connectivity index (χ0) is 22.7. The molecule has 2 heterocycles. The Morgan fingerprint density at radius 3 is 2.73 bits per heavy atom. The third-order valence-corrected chi connectivity index (χ3v) is 5.95. The van der Waals surface area contributed by atoms with Gasteiger partial charge in [-0.3, -0.25) is 0 Å². The van der Waals surface area contributed by atoms with E-state index in [-0.39, 0.29) is 0 Å².